The summed E-state index contributed by atoms with van der Waals surface area (Å²) in [6, 6.07) is 9.03. The second-order valence-corrected chi connectivity index (χ2v) is 6.69. The van der Waals surface area contributed by atoms with E-state index < -0.39 is 0 Å². The number of nitrogens with zero attached hydrogens (tertiary/aromatic N) is 1. The predicted molar refractivity (Wildman–Crippen MR) is 84.6 cm³/mol. The van der Waals surface area contributed by atoms with Gasteiger partial charge in [-0.2, -0.15) is 0 Å². The standard InChI is InChI=1S/C17H30N2/c1-14(2)16-8-6-15(7-9-16)10-12-19(5)13-11-17(3,4)18/h6-9,14H,10-13,18H2,1-5H3. The molecule has 0 amide bonds. The Labute approximate surface area is 119 Å². The topological polar surface area (TPSA) is 29.3 Å². The van der Waals surface area contributed by atoms with Crippen molar-refractivity contribution < 1.29 is 0 Å². The number of hydrogen-bond acceptors (Lipinski definition) is 2. The molecule has 108 valence electrons. The van der Waals surface area contributed by atoms with Crippen molar-refractivity contribution in [1.29, 1.82) is 0 Å². The highest BCUT2D eigenvalue weighted by atomic mass is 15.1. The SMILES string of the molecule is CC(C)c1ccc(CCN(C)CCC(C)(C)N)cc1. The largest absolute Gasteiger partial charge is 0.326 e. The molecule has 1 aromatic carbocycles. The van der Waals surface area contributed by atoms with Gasteiger partial charge in [0.25, 0.3) is 0 Å². The molecule has 2 nitrogen and oxygen atoms in total. The maximum Gasteiger partial charge on any atom is 0.0109 e. The van der Waals surface area contributed by atoms with Crippen molar-refractivity contribution in [2.75, 3.05) is 20.1 Å². The summed E-state index contributed by atoms with van der Waals surface area (Å²) in [5, 5.41) is 0. The van der Waals surface area contributed by atoms with E-state index in [0.29, 0.717) is 5.92 Å². The number of rotatable bonds is 7. The van der Waals surface area contributed by atoms with Gasteiger partial charge in [0, 0.05) is 12.1 Å². The van der Waals surface area contributed by atoms with Crippen LogP contribution in [0.5, 0.6) is 0 Å². The molecule has 1 rings (SSSR count). The van der Waals surface area contributed by atoms with E-state index in [1.54, 1.807) is 0 Å². The van der Waals surface area contributed by atoms with Crippen molar-refractivity contribution in [1.82, 2.24) is 4.90 Å². The Hall–Kier alpha value is -0.860. The van der Waals surface area contributed by atoms with Crippen LogP contribution in [0.4, 0.5) is 0 Å². The first kappa shape index (κ1) is 16.2. The van der Waals surface area contributed by atoms with Gasteiger partial charge in [-0.25, -0.2) is 0 Å². The minimum Gasteiger partial charge on any atom is -0.326 e. The van der Waals surface area contributed by atoms with Crippen molar-refractivity contribution in [2.24, 2.45) is 5.73 Å². The number of nitrogens with two attached hydrogens (primary N) is 1. The Balaban J connectivity index is 2.35. The molecular formula is C17H30N2. The van der Waals surface area contributed by atoms with E-state index in [4.69, 9.17) is 5.73 Å². The third-order valence-corrected chi connectivity index (χ3v) is 3.57. The molecule has 0 saturated carbocycles. The fraction of sp³-hybridized carbons (Fsp3) is 0.647. The molecule has 0 radical (unpaired) electrons. The van der Waals surface area contributed by atoms with Crippen molar-refractivity contribution in [2.45, 2.75) is 52.0 Å². The first-order valence-corrected chi connectivity index (χ1v) is 7.34. The summed E-state index contributed by atoms with van der Waals surface area (Å²) in [4.78, 5) is 2.37. The van der Waals surface area contributed by atoms with Crippen LogP contribution in [0.1, 0.15) is 51.2 Å². The molecule has 0 bridgehead atoms. The zero-order chi connectivity index (χ0) is 14.5. The molecule has 0 aliphatic rings. The quantitative estimate of drug-likeness (QED) is 0.816. The van der Waals surface area contributed by atoms with E-state index in [9.17, 15) is 0 Å². The molecule has 0 aliphatic carbocycles. The summed E-state index contributed by atoms with van der Waals surface area (Å²) >= 11 is 0. The van der Waals surface area contributed by atoms with Crippen molar-refractivity contribution >= 4 is 0 Å². The van der Waals surface area contributed by atoms with Crippen molar-refractivity contribution in [3.8, 4) is 0 Å². The lowest BCUT2D eigenvalue weighted by atomic mass is 10.0. The number of benzene rings is 1. The van der Waals surface area contributed by atoms with Gasteiger partial charge in [0.1, 0.15) is 0 Å². The summed E-state index contributed by atoms with van der Waals surface area (Å²) in [7, 11) is 2.17. The fourth-order valence-electron chi connectivity index (χ4n) is 1.98. The molecule has 0 fully saturated rings. The Morgan fingerprint density at radius 3 is 2.16 bits per heavy atom. The highest BCUT2D eigenvalue weighted by Gasteiger charge is 2.11. The van der Waals surface area contributed by atoms with Gasteiger partial charge in [-0.1, -0.05) is 38.1 Å². The third kappa shape index (κ3) is 6.74. The summed E-state index contributed by atoms with van der Waals surface area (Å²) < 4.78 is 0. The zero-order valence-corrected chi connectivity index (χ0v) is 13.2. The third-order valence-electron chi connectivity index (χ3n) is 3.57. The minimum atomic E-state index is -0.0623. The number of likely N-dealkylation sites (N-methyl/N-ethyl adjacent to an activating group) is 1. The van der Waals surface area contributed by atoms with Crippen LogP contribution in [-0.2, 0) is 6.42 Å². The van der Waals surface area contributed by atoms with Crippen LogP contribution in [0.3, 0.4) is 0 Å². The Bertz CT molecular complexity index is 360. The van der Waals surface area contributed by atoms with Gasteiger partial charge in [0.2, 0.25) is 0 Å². The van der Waals surface area contributed by atoms with E-state index in [2.05, 4.69) is 63.9 Å². The van der Waals surface area contributed by atoms with E-state index in [-0.39, 0.29) is 5.54 Å². The summed E-state index contributed by atoms with van der Waals surface area (Å²) in [5.74, 6) is 0.614. The maximum absolute atomic E-state index is 6.01. The van der Waals surface area contributed by atoms with Crippen LogP contribution in [0.25, 0.3) is 0 Å². The second-order valence-electron chi connectivity index (χ2n) is 6.69. The molecule has 0 unspecified atom stereocenters. The summed E-state index contributed by atoms with van der Waals surface area (Å²) in [5.41, 5.74) is 8.79. The molecule has 0 atom stereocenters. The molecule has 0 saturated heterocycles. The lowest BCUT2D eigenvalue weighted by Gasteiger charge is -2.23. The van der Waals surface area contributed by atoms with Gasteiger partial charge in [-0.05, 0) is 57.3 Å². The van der Waals surface area contributed by atoms with Gasteiger partial charge in [0.15, 0.2) is 0 Å². The highest BCUT2D eigenvalue weighted by molar-refractivity contribution is 5.24. The minimum absolute atomic E-state index is 0.0623. The van der Waals surface area contributed by atoms with Gasteiger partial charge >= 0.3 is 0 Å². The number of hydrogen-bond donors (Lipinski definition) is 1. The van der Waals surface area contributed by atoms with Crippen LogP contribution in [0, 0.1) is 0 Å². The second kappa shape index (κ2) is 7.06. The first-order valence-electron chi connectivity index (χ1n) is 7.34. The van der Waals surface area contributed by atoms with E-state index in [1.165, 1.54) is 11.1 Å². The van der Waals surface area contributed by atoms with Crippen molar-refractivity contribution in [3.05, 3.63) is 35.4 Å². The van der Waals surface area contributed by atoms with Gasteiger partial charge < -0.3 is 10.6 Å². The molecule has 0 heterocycles. The maximum atomic E-state index is 6.01. The molecular weight excluding hydrogens is 232 g/mol. The van der Waals surface area contributed by atoms with Crippen LogP contribution in [-0.4, -0.2) is 30.6 Å². The molecule has 2 N–H and O–H groups in total. The fourth-order valence-corrected chi connectivity index (χ4v) is 1.98. The summed E-state index contributed by atoms with van der Waals surface area (Å²) in [6.07, 6.45) is 2.15. The molecule has 2 heteroatoms. The van der Waals surface area contributed by atoms with Crippen molar-refractivity contribution in [3.63, 3.8) is 0 Å². The Kier molecular flexibility index (Phi) is 6.02. The van der Waals surface area contributed by atoms with Gasteiger partial charge in [0.05, 0.1) is 0 Å². The predicted octanol–water partition coefficient (Wildman–Crippen LogP) is 3.41. The van der Waals surface area contributed by atoms with Gasteiger partial charge in [-0.3, -0.25) is 0 Å². The monoisotopic (exact) mass is 262 g/mol. The molecule has 0 aromatic heterocycles. The van der Waals surface area contributed by atoms with Crippen LogP contribution in [0.15, 0.2) is 24.3 Å². The lowest BCUT2D eigenvalue weighted by Crippen LogP contribution is -2.36. The molecule has 0 aliphatic heterocycles. The Morgan fingerprint density at radius 1 is 1.11 bits per heavy atom. The molecule has 1 aromatic rings. The van der Waals surface area contributed by atoms with Crippen LogP contribution in [0.2, 0.25) is 0 Å². The molecule has 0 spiro atoms. The van der Waals surface area contributed by atoms with Gasteiger partial charge in [-0.15, -0.1) is 0 Å². The van der Waals surface area contributed by atoms with E-state index in [0.717, 1.165) is 25.9 Å². The van der Waals surface area contributed by atoms with Crippen LogP contribution < -0.4 is 5.73 Å². The lowest BCUT2D eigenvalue weighted by molar-refractivity contribution is 0.298. The smallest absolute Gasteiger partial charge is 0.0109 e. The Morgan fingerprint density at radius 2 is 1.68 bits per heavy atom. The average Bonchev–Trinajstić information content (AvgIpc) is 2.33. The zero-order valence-electron chi connectivity index (χ0n) is 13.2. The van der Waals surface area contributed by atoms with E-state index >= 15 is 0 Å². The first-order chi connectivity index (χ1) is 8.78. The highest BCUT2D eigenvalue weighted by Crippen LogP contribution is 2.15. The van der Waals surface area contributed by atoms with E-state index in [1.807, 2.05) is 0 Å². The summed E-state index contributed by atoms with van der Waals surface area (Å²) in [6.45, 7) is 10.8. The average molecular weight is 262 g/mol. The molecule has 19 heavy (non-hydrogen) atoms. The van der Waals surface area contributed by atoms with Crippen LogP contribution >= 0.6 is 0 Å². The normalized spacial score (nSPS) is 12.4.